The van der Waals surface area contributed by atoms with Gasteiger partial charge in [0, 0.05) is 34.5 Å². The first-order chi connectivity index (χ1) is 24.7. The summed E-state index contributed by atoms with van der Waals surface area (Å²) < 4.78 is 11.1. The summed E-state index contributed by atoms with van der Waals surface area (Å²) >= 11 is 0. The van der Waals surface area contributed by atoms with Crippen LogP contribution < -0.4 is 4.74 Å². The zero-order chi connectivity index (χ0) is 35.8. The van der Waals surface area contributed by atoms with Crippen LogP contribution in [-0.4, -0.2) is 19.3 Å². The summed E-state index contributed by atoms with van der Waals surface area (Å²) in [5.74, 6) is 2.45. The molecule has 0 aliphatic rings. The molecule has 0 fully saturated rings. The summed E-state index contributed by atoms with van der Waals surface area (Å²) in [6.07, 6.45) is 6.80. The van der Waals surface area contributed by atoms with Gasteiger partial charge in [0.15, 0.2) is 0 Å². The fourth-order valence-corrected chi connectivity index (χ4v) is 7.53. The molecule has 0 amide bonds. The number of fused-ring (bicyclic) bond motifs is 3. The van der Waals surface area contributed by atoms with Crippen molar-refractivity contribution in [2.75, 3.05) is 0 Å². The molecule has 0 atom stereocenters. The average Bonchev–Trinajstić information content (AvgIpc) is 3.65. The Kier molecular flexibility index (Phi) is 11.2. The number of ether oxygens (including phenoxy) is 1. The van der Waals surface area contributed by atoms with Gasteiger partial charge in [0.1, 0.15) is 5.82 Å². The van der Waals surface area contributed by atoms with E-state index in [0.29, 0.717) is 11.5 Å². The molecule has 52 heavy (non-hydrogen) atoms. The number of unbranched alkanes of at least 4 members (excludes halogenated alkanes) is 1. The smallest absolute Gasteiger partial charge is 0.509 e. The summed E-state index contributed by atoms with van der Waals surface area (Å²) in [5, 5.41) is 7.59. The van der Waals surface area contributed by atoms with Gasteiger partial charge in [0.25, 0.3) is 0 Å². The molecule has 4 aromatic carbocycles. The summed E-state index contributed by atoms with van der Waals surface area (Å²) in [7, 11) is 0. The van der Waals surface area contributed by atoms with E-state index in [0.717, 1.165) is 71.1 Å². The normalized spacial score (nSPS) is 11.5. The molecule has 3 heterocycles. The van der Waals surface area contributed by atoms with Crippen molar-refractivity contribution in [2.45, 2.75) is 93.4 Å². The minimum Gasteiger partial charge on any atom is -0.509 e. The number of pyridine rings is 1. The average molecular weight is 779 g/mol. The first-order valence-electron chi connectivity index (χ1n) is 18.6. The van der Waals surface area contributed by atoms with Crippen molar-refractivity contribution in [2.24, 2.45) is 0 Å². The van der Waals surface area contributed by atoms with Crippen molar-refractivity contribution in [1.82, 2.24) is 19.3 Å². The third kappa shape index (κ3) is 7.00. The van der Waals surface area contributed by atoms with E-state index in [2.05, 4.69) is 144 Å². The van der Waals surface area contributed by atoms with Gasteiger partial charge in [-0.25, -0.2) is 4.98 Å². The Morgan fingerprint density at radius 3 is 2.27 bits per heavy atom. The molecular weight excluding hydrogens is 731 g/mol. The topological polar surface area (TPSA) is 44.9 Å². The molecule has 0 aliphatic carbocycles. The minimum absolute atomic E-state index is 0. The molecule has 0 saturated carbocycles. The molecule has 0 bridgehead atoms. The third-order valence-electron chi connectivity index (χ3n) is 10.1. The molecule has 0 spiro atoms. The zero-order valence-corrected chi connectivity index (χ0v) is 33.2. The number of para-hydroxylation sites is 1. The SMILES string of the molecule is CCCCc1c(-c2c(C)cc(C)cc2C)c(CC)nn1-c1[c-]c(Oc2[c-]c3c(cc2)c2ccccc2n3-c2cc(CC)ccn2)cc(C(C)C)c1.[Pd+2]. The number of benzene rings is 4. The molecule has 0 saturated heterocycles. The summed E-state index contributed by atoms with van der Waals surface area (Å²) in [5.41, 5.74) is 14.2. The van der Waals surface area contributed by atoms with Gasteiger partial charge < -0.3 is 9.30 Å². The molecule has 0 unspecified atom stereocenters. The Morgan fingerprint density at radius 1 is 0.788 bits per heavy atom. The predicted octanol–water partition coefficient (Wildman–Crippen LogP) is 11.9. The molecule has 268 valence electrons. The van der Waals surface area contributed by atoms with Crippen molar-refractivity contribution < 1.29 is 25.2 Å². The predicted molar refractivity (Wildman–Crippen MR) is 211 cm³/mol. The van der Waals surface area contributed by atoms with Gasteiger partial charge in [0.05, 0.1) is 5.69 Å². The fourth-order valence-electron chi connectivity index (χ4n) is 7.53. The maximum Gasteiger partial charge on any atom is 2.00 e. The van der Waals surface area contributed by atoms with E-state index in [-0.39, 0.29) is 26.3 Å². The summed E-state index contributed by atoms with van der Waals surface area (Å²) in [4.78, 5) is 4.79. The van der Waals surface area contributed by atoms with Crippen LogP contribution in [0.3, 0.4) is 0 Å². The Hall–Kier alpha value is -4.50. The number of hydrogen-bond donors (Lipinski definition) is 0. The van der Waals surface area contributed by atoms with Crippen molar-refractivity contribution in [3.8, 4) is 34.1 Å². The van der Waals surface area contributed by atoms with Crippen LogP contribution in [0.2, 0.25) is 0 Å². The zero-order valence-electron chi connectivity index (χ0n) is 31.6. The number of aryl methyl sites for hydroxylation is 5. The second-order valence-corrected chi connectivity index (χ2v) is 14.1. The quantitative estimate of drug-likeness (QED) is 0.0970. The van der Waals surface area contributed by atoms with Gasteiger partial charge >= 0.3 is 20.4 Å². The Balaban J connectivity index is 0.00000464. The van der Waals surface area contributed by atoms with Crippen LogP contribution in [0.4, 0.5) is 0 Å². The van der Waals surface area contributed by atoms with Crippen molar-refractivity contribution in [1.29, 1.82) is 0 Å². The Bertz CT molecular complexity index is 2360. The molecule has 0 aliphatic heterocycles. The van der Waals surface area contributed by atoms with E-state index >= 15 is 0 Å². The summed E-state index contributed by atoms with van der Waals surface area (Å²) in [6.45, 7) is 17.7. The van der Waals surface area contributed by atoms with Gasteiger partial charge in [-0.05, 0) is 104 Å². The molecule has 7 rings (SSSR count). The fraction of sp³-hybridized carbons (Fsp3) is 0.304. The van der Waals surface area contributed by atoms with E-state index in [1.54, 1.807) is 0 Å². The molecule has 5 nitrogen and oxygen atoms in total. The van der Waals surface area contributed by atoms with E-state index < -0.39 is 0 Å². The number of hydrogen-bond acceptors (Lipinski definition) is 3. The second-order valence-electron chi connectivity index (χ2n) is 14.1. The van der Waals surface area contributed by atoms with Gasteiger partial charge in [-0.1, -0.05) is 82.5 Å². The number of aromatic nitrogens is 4. The van der Waals surface area contributed by atoms with Crippen LogP contribution in [0.15, 0.2) is 79.0 Å². The van der Waals surface area contributed by atoms with Crippen LogP contribution in [0, 0.1) is 32.9 Å². The number of rotatable bonds is 11. The van der Waals surface area contributed by atoms with Gasteiger partial charge in [-0.3, -0.25) is 4.68 Å². The van der Waals surface area contributed by atoms with Crippen molar-refractivity contribution >= 4 is 21.8 Å². The molecule has 7 aromatic rings. The van der Waals surface area contributed by atoms with Crippen molar-refractivity contribution in [3.05, 3.63) is 130 Å². The first kappa shape index (κ1) is 37.3. The van der Waals surface area contributed by atoms with Crippen LogP contribution in [-0.2, 0) is 39.7 Å². The maximum atomic E-state index is 6.71. The molecular formula is C46H48N4OPd. The number of nitrogens with zero attached hydrogens (tertiary/aromatic N) is 4. The monoisotopic (exact) mass is 778 g/mol. The summed E-state index contributed by atoms with van der Waals surface area (Å²) in [6, 6.07) is 33.1. The molecule has 0 radical (unpaired) electrons. The van der Waals surface area contributed by atoms with E-state index in [4.69, 9.17) is 14.8 Å². The maximum absolute atomic E-state index is 6.71. The molecule has 6 heteroatoms. The largest absolute Gasteiger partial charge is 2.00 e. The first-order valence-corrected chi connectivity index (χ1v) is 18.6. The van der Waals surface area contributed by atoms with Crippen LogP contribution in [0.5, 0.6) is 11.5 Å². The van der Waals surface area contributed by atoms with E-state index in [1.165, 1.54) is 44.6 Å². The van der Waals surface area contributed by atoms with E-state index in [9.17, 15) is 0 Å². The molecule has 0 N–H and O–H groups in total. The van der Waals surface area contributed by atoms with Crippen LogP contribution in [0.25, 0.3) is 44.4 Å². The van der Waals surface area contributed by atoms with Gasteiger partial charge in [-0.2, -0.15) is 11.2 Å². The second kappa shape index (κ2) is 15.6. The Labute approximate surface area is 322 Å². The minimum atomic E-state index is 0. The molecule has 3 aromatic heterocycles. The third-order valence-corrected chi connectivity index (χ3v) is 10.1. The van der Waals surface area contributed by atoms with Crippen LogP contribution in [0.1, 0.15) is 92.6 Å². The van der Waals surface area contributed by atoms with E-state index in [1.807, 2.05) is 12.3 Å². The van der Waals surface area contributed by atoms with Crippen LogP contribution >= 0.6 is 0 Å². The van der Waals surface area contributed by atoms with Crippen molar-refractivity contribution in [3.63, 3.8) is 0 Å². The standard InChI is InChI=1S/C46H48N4O.Pd/c1-9-12-16-42-46(45-31(7)22-30(6)23-32(45)8)40(11-3)48-50(42)35-25-34(29(4)5)26-37(27-35)51-36-18-19-39-38-15-13-14-17-41(38)49(43(39)28-36)44-24-33(10-2)20-21-47-44;/h13-15,17-26,29H,9-12,16H2,1-8H3;/q-2;+2. The Morgan fingerprint density at radius 2 is 1.56 bits per heavy atom. The van der Waals surface area contributed by atoms with Gasteiger partial charge in [0.2, 0.25) is 0 Å². The van der Waals surface area contributed by atoms with Gasteiger partial charge in [-0.15, -0.1) is 41.3 Å².